The number of anilines is 1. The number of methoxy groups -OCH3 is 1. The molecule has 2 rings (SSSR count). The topological polar surface area (TPSA) is 30.5 Å². The van der Waals surface area contributed by atoms with E-state index in [-0.39, 0.29) is 12.4 Å². The van der Waals surface area contributed by atoms with E-state index in [2.05, 4.69) is 11.2 Å². The first-order valence-corrected chi connectivity index (χ1v) is 6.45. The van der Waals surface area contributed by atoms with E-state index in [0.29, 0.717) is 18.0 Å². The molecule has 0 heterocycles. The van der Waals surface area contributed by atoms with Crippen molar-refractivity contribution in [2.45, 2.75) is 6.54 Å². The number of terminal acetylenes is 1. The minimum atomic E-state index is -0.253. The smallest absolute Gasteiger partial charge is 0.162 e. The van der Waals surface area contributed by atoms with Gasteiger partial charge in [-0.15, -0.1) is 6.42 Å². The zero-order chi connectivity index (χ0) is 15.1. The van der Waals surface area contributed by atoms with Crippen molar-refractivity contribution >= 4 is 5.69 Å². The predicted molar refractivity (Wildman–Crippen MR) is 81.0 cm³/mol. The molecule has 0 aliphatic carbocycles. The number of hydrogen-bond donors (Lipinski definition) is 1. The van der Waals surface area contributed by atoms with E-state index in [1.54, 1.807) is 19.2 Å². The van der Waals surface area contributed by atoms with E-state index < -0.39 is 0 Å². The Hall–Kier alpha value is -2.67. The third-order valence-electron chi connectivity index (χ3n) is 2.88. The van der Waals surface area contributed by atoms with Gasteiger partial charge in [0, 0.05) is 12.2 Å². The van der Waals surface area contributed by atoms with E-state index in [1.165, 1.54) is 12.1 Å². The molecular formula is C17H16FNO2. The lowest BCUT2D eigenvalue weighted by Gasteiger charge is -2.11. The van der Waals surface area contributed by atoms with Crippen molar-refractivity contribution in [3.05, 3.63) is 53.8 Å². The van der Waals surface area contributed by atoms with Gasteiger partial charge in [0.2, 0.25) is 0 Å². The first-order chi connectivity index (χ1) is 10.2. The van der Waals surface area contributed by atoms with Gasteiger partial charge in [0.05, 0.1) is 7.11 Å². The van der Waals surface area contributed by atoms with Crippen molar-refractivity contribution in [3.8, 4) is 23.8 Å². The fraction of sp³-hybridized carbons (Fsp3) is 0.176. The first kappa shape index (κ1) is 14.7. The molecule has 0 atom stereocenters. The SMILES string of the molecule is C#CCOc1ccc(CNc2ccc(F)cc2)cc1OC. The standard InChI is InChI=1S/C17H16FNO2/c1-3-10-21-16-9-4-13(11-17(16)20-2)12-19-15-7-5-14(18)6-8-15/h1,4-9,11,19H,10,12H2,2H3. The summed E-state index contributed by atoms with van der Waals surface area (Å²) in [5, 5.41) is 3.21. The zero-order valence-corrected chi connectivity index (χ0v) is 11.7. The molecule has 0 aromatic heterocycles. The van der Waals surface area contributed by atoms with Gasteiger partial charge in [-0.1, -0.05) is 12.0 Å². The molecule has 0 bridgehead atoms. The van der Waals surface area contributed by atoms with E-state index in [9.17, 15) is 4.39 Å². The van der Waals surface area contributed by atoms with Crippen LogP contribution in [0.2, 0.25) is 0 Å². The van der Waals surface area contributed by atoms with Crippen molar-refractivity contribution in [3.63, 3.8) is 0 Å². The van der Waals surface area contributed by atoms with Crippen LogP contribution >= 0.6 is 0 Å². The summed E-state index contributed by atoms with van der Waals surface area (Å²) in [5.74, 6) is 3.40. The van der Waals surface area contributed by atoms with Crippen LogP contribution in [0, 0.1) is 18.2 Å². The molecule has 0 aliphatic heterocycles. The second-order valence-corrected chi connectivity index (χ2v) is 4.34. The summed E-state index contributed by atoms with van der Waals surface area (Å²) in [7, 11) is 1.58. The largest absolute Gasteiger partial charge is 0.493 e. The van der Waals surface area contributed by atoms with Gasteiger partial charge < -0.3 is 14.8 Å². The molecule has 108 valence electrons. The molecule has 0 aliphatic rings. The average molecular weight is 285 g/mol. The van der Waals surface area contributed by atoms with Gasteiger partial charge in [-0.2, -0.15) is 0 Å². The lowest BCUT2D eigenvalue weighted by molar-refractivity contribution is 0.330. The van der Waals surface area contributed by atoms with Crippen molar-refractivity contribution in [2.75, 3.05) is 19.0 Å². The summed E-state index contributed by atoms with van der Waals surface area (Å²) in [6.45, 7) is 0.793. The van der Waals surface area contributed by atoms with Crippen LogP contribution in [-0.2, 0) is 6.54 Å². The van der Waals surface area contributed by atoms with Gasteiger partial charge in [-0.3, -0.25) is 0 Å². The number of hydrogen-bond acceptors (Lipinski definition) is 3. The highest BCUT2D eigenvalue weighted by molar-refractivity contribution is 5.46. The Morgan fingerprint density at radius 2 is 1.90 bits per heavy atom. The highest BCUT2D eigenvalue weighted by Gasteiger charge is 2.05. The van der Waals surface area contributed by atoms with Crippen molar-refractivity contribution < 1.29 is 13.9 Å². The Bertz CT molecular complexity index is 632. The molecule has 3 nitrogen and oxygen atoms in total. The first-order valence-electron chi connectivity index (χ1n) is 6.45. The molecule has 21 heavy (non-hydrogen) atoms. The molecule has 0 fully saturated rings. The number of benzene rings is 2. The second kappa shape index (κ2) is 7.20. The highest BCUT2D eigenvalue weighted by Crippen LogP contribution is 2.28. The Kier molecular flexibility index (Phi) is 5.05. The van der Waals surface area contributed by atoms with Gasteiger partial charge in [0.1, 0.15) is 12.4 Å². The third-order valence-corrected chi connectivity index (χ3v) is 2.88. The van der Waals surface area contributed by atoms with Gasteiger partial charge in [-0.05, 0) is 42.0 Å². The average Bonchev–Trinajstić information content (AvgIpc) is 2.52. The van der Waals surface area contributed by atoms with Crippen LogP contribution < -0.4 is 14.8 Å². The molecule has 4 heteroatoms. The lowest BCUT2D eigenvalue weighted by Crippen LogP contribution is -2.01. The van der Waals surface area contributed by atoms with E-state index in [4.69, 9.17) is 15.9 Å². The summed E-state index contributed by atoms with van der Waals surface area (Å²) >= 11 is 0. The quantitative estimate of drug-likeness (QED) is 0.825. The Morgan fingerprint density at radius 1 is 1.14 bits per heavy atom. The van der Waals surface area contributed by atoms with E-state index in [1.807, 2.05) is 18.2 Å². The minimum Gasteiger partial charge on any atom is -0.493 e. The van der Waals surface area contributed by atoms with Gasteiger partial charge in [0.15, 0.2) is 11.5 Å². The monoisotopic (exact) mass is 285 g/mol. The van der Waals surface area contributed by atoms with Crippen molar-refractivity contribution in [1.82, 2.24) is 0 Å². The van der Waals surface area contributed by atoms with Gasteiger partial charge in [-0.25, -0.2) is 4.39 Å². The summed E-state index contributed by atoms with van der Waals surface area (Å²) in [6, 6.07) is 11.8. The summed E-state index contributed by atoms with van der Waals surface area (Å²) in [5.41, 5.74) is 1.87. The molecule has 0 saturated heterocycles. The van der Waals surface area contributed by atoms with Crippen LogP contribution in [0.5, 0.6) is 11.5 Å². The number of halogens is 1. The van der Waals surface area contributed by atoms with Crippen LogP contribution in [0.4, 0.5) is 10.1 Å². The van der Waals surface area contributed by atoms with Crippen LogP contribution in [0.3, 0.4) is 0 Å². The lowest BCUT2D eigenvalue weighted by atomic mass is 10.2. The maximum Gasteiger partial charge on any atom is 0.162 e. The van der Waals surface area contributed by atoms with Gasteiger partial charge in [0.25, 0.3) is 0 Å². The summed E-state index contributed by atoms with van der Waals surface area (Å²) in [4.78, 5) is 0. The zero-order valence-electron chi connectivity index (χ0n) is 11.7. The fourth-order valence-corrected chi connectivity index (χ4v) is 1.83. The van der Waals surface area contributed by atoms with Crippen LogP contribution in [0.25, 0.3) is 0 Å². The van der Waals surface area contributed by atoms with Crippen molar-refractivity contribution in [2.24, 2.45) is 0 Å². The third kappa shape index (κ3) is 4.15. The summed E-state index contributed by atoms with van der Waals surface area (Å²) < 4.78 is 23.5. The Labute approximate surface area is 123 Å². The minimum absolute atomic E-state index is 0.198. The van der Waals surface area contributed by atoms with E-state index in [0.717, 1.165) is 11.3 Å². The van der Waals surface area contributed by atoms with Crippen LogP contribution in [-0.4, -0.2) is 13.7 Å². The molecule has 0 radical (unpaired) electrons. The molecule has 0 saturated carbocycles. The van der Waals surface area contributed by atoms with Gasteiger partial charge >= 0.3 is 0 Å². The second-order valence-electron chi connectivity index (χ2n) is 4.34. The van der Waals surface area contributed by atoms with Crippen LogP contribution in [0.15, 0.2) is 42.5 Å². The highest BCUT2D eigenvalue weighted by atomic mass is 19.1. The predicted octanol–water partition coefficient (Wildman–Crippen LogP) is 3.46. The number of nitrogens with one attached hydrogen (secondary N) is 1. The maximum absolute atomic E-state index is 12.8. The van der Waals surface area contributed by atoms with E-state index >= 15 is 0 Å². The van der Waals surface area contributed by atoms with Crippen LogP contribution in [0.1, 0.15) is 5.56 Å². The Balaban J connectivity index is 2.03. The molecule has 0 spiro atoms. The molecule has 0 amide bonds. The molecule has 2 aromatic rings. The fourth-order valence-electron chi connectivity index (χ4n) is 1.83. The maximum atomic E-state index is 12.8. The number of rotatable bonds is 6. The molecule has 0 unspecified atom stereocenters. The normalized spacial score (nSPS) is 9.76. The summed E-state index contributed by atoms with van der Waals surface area (Å²) in [6.07, 6.45) is 5.17. The Morgan fingerprint density at radius 3 is 2.57 bits per heavy atom. The molecular weight excluding hydrogens is 269 g/mol. The number of ether oxygens (including phenoxy) is 2. The molecule has 2 aromatic carbocycles. The molecule has 1 N–H and O–H groups in total. The van der Waals surface area contributed by atoms with Crippen molar-refractivity contribution in [1.29, 1.82) is 0 Å².